The van der Waals surface area contributed by atoms with Gasteiger partial charge in [0.1, 0.15) is 23.2 Å². The van der Waals surface area contributed by atoms with Crippen LogP contribution in [0.2, 0.25) is 0 Å². The maximum absolute atomic E-state index is 14.0. The van der Waals surface area contributed by atoms with Gasteiger partial charge >= 0.3 is 0 Å². The number of nitrogen functional groups attached to an aromatic ring is 1. The van der Waals surface area contributed by atoms with Gasteiger partial charge in [0, 0.05) is 11.8 Å². The van der Waals surface area contributed by atoms with Crippen LogP contribution in [0.1, 0.15) is 11.9 Å². The summed E-state index contributed by atoms with van der Waals surface area (Å²) in [6.45, 7) is 3.96. The summed E-state index contributed by atoms with van der Waals surface area (Å²) in [6, 6.07) is 13.7. The predicted molar refractivity (Wildman–Crippen MR) is 114 cm³/mol. The number of nitrogens with zero attached hydrogens (tertiary/aromatic N) is 5. The molecule has 0 saturated carbocycles. The highest BCUT2D eigenvalue weighted by molar-refractivity contribution is 5.84. The van der Waals surface area contributed by atoms with E-state index >= 15 is 0 Å². The van der Waals surface area contributed by atoms with Crippen LogP contribution in [0.3, 0.4) is 0 Å². The van der Waals surface area contributed by atoms with E-state index in [1.165, 1.54) is 18.5 Å². The molecular formula is C21H17FN8. The Hall–Kier alpha value is -4.27. The van der Waals surface area contributed by atoms with E-state index in [2.05, 4.69) is 31.8 Å². The van der Waals surface area contributed by atoms with Crippen molar-refractivity contribution in [2.24, 2.45) is 0 Å². The predicted octanol–water partition coefficient (Wildman–Crippen LogP) is 3.75. The third-order valence-electron chi connectivity index (χ3n) is 4.77. The van der Waals surface area contributed by atoms with Crippen LogP contribution in [-0.2, 0) is 0 Å². The summed E-state index contributed by atoms with van der Waals surface area (Å²) in [4.78, 5) is 20.3. The third kappa shape index (κ3) is 2.93. The first-order valence-electron chi connectivity index (χ1n) is 9.23. The molecule has 0 aliphatic heterocycles. The molecule has 9 heteroatoms. The largest absolute Gasteiger partial charge is 0.368 e. The number of nitrogens with two attached hydrogens (primary N) is 1. The van der Waals surface area contributed by atoms with E-state index in [-0.39, 0.29) is 11.8 Å². The zero-order valence-corrected chi connectivity index (χ0v) is 15.7. The summed E-state index contributed by atoms with van der Waals surface area (Å²) < 4.78 is 15.9. The number of H-pyrrole nitrogens is 1. The van der Waals surface area contributed by atoms with Crippen LogP contribution in [0.4, 0.5) is 16.2 Å². The number of hydrogen-bond acceptors (Lipinski definition) is 6. The lowest BCUT2D eigenvalue weighted by atomic mass is 10.2. The Morgan fingerprint density at radius 2 is 1.97 bits per heavy atom. The number of para-hydroxylation sites is 1. The monoisotopic (exact) mass is 400 g/mol. The van der Waals surface area contributed by atoms with Crippen LogP contribution in [0.5, 0.6) is 0 Å². The van der Waals surface area contributed by atoms with Crippen LogP contribution >= 0.6 is 0 Å². The molecule has 4 N–H and O–H groups in total. The van der Waals surface area contributed by atoms with Gasteiger partial charge in [-0.25, -0.2) is 14.4 Å². The number of benzene rings is 2. The lowest BCUT2D eigenvalue weighted by Gasteiger charge is -2.18. The molecule has 0 amide bonds. The van der Waals surface area contributed by atoms with Crippen molar-refractivity contribution in [1.29, 1.82) is 0 Å². The second kappa shape index (κ2) is 6.96. The fourth-order valence-corrected chi connectivity index (χ4v) is 3.45. The SMILES string of the molecule is C=C[C@H](Nc1nc(N)nc2nc[nH]c12)c1nc2ccc(F)cc2n1-c1ccccc1. The molecule has 5 rings (SSSR count). The Morgan fingerprint density at radius 1 is 1.13 bits per heavy atom. The summed E-state index contributed by atoms with van der Waals surface area (Å²) in [5.74, 6) is 0.856. The van der Waals surface area contributed by atoms with E-state index in [0.29, 0.717) is 33.8 Å². The van der Waals surface area contributed by atoms with Gasteiger partial charge in [-0.1, -0.05) is 24.3 Å². The molecule has 1 atom stereocenters. The van der Waals surface area contributed by atoms with Crippen LogP contribution in [0, 0.1) is 5.82 Å². The second-order valence-electron chi connectivity index (χ2n) is 6.66. The van der Waals surface area contributed by atoms with Gasteiger partial charge in [-0.05, 0) is 24.3 Å². The number of imidazole rings is 2. The first kappa shape index (κ1) is 17.8. The van der Waals surface area contributed by atoms with E-state index in [4.69, 9.17) is 10.7 Å². The van der Waals surface area contributed by atoms with Crippen molar-refractivity contribution in [2.75, 3.05) is 11.1 Å². The van der Waals surface area contributed by atoms with Crippen molar-refractivity contribution in [2.45, 2.75) is 6.04 Å². The molecule has 8 nitrogen and oxygen atoms in total. The van der Waals surface area contributed by atoms with E-state index in [9.17, 15) is 4.39 Å². The van der Waals surface area contributed by atoms with Gasteiger partial charge in [0.15, 0.2) is 11.5 Å². The minimum absolute atomic E-state index is 0.0959. The molecule has 0 aliphatic rings. The average molecular weight is 400 g/mol. The summed E-state index contributed by atoms with van der Waals surface area (Å²) in [6.07, 6.45) is 3.23. The quantitative estimate of drug-likeness (QED) is 0.388. The van der Waals surface area contributed by atoms with Gasteiger partial charge in [-0.2, -0.15) is 9.97 Å². The molecule has 0 saturated heterocycles. The Bertz CT molecular complexity index is 1370. The van der Waals surface area contributed by atoms with Gasteiger partial charge in [-0.15, -0.1) is 6.58 Å². The lowest BCUT2D eigenvalue weighted by Crippen LogP contribution is -2.15. The zero-order valence-electron chi connectivity index (χ0n) is 15.7. The van der Waals surface area contributed by atoms with Crippen molar-refractivity contribution in [3.05, 3.63) is 79.2 Å². The third-order valence-corrected chi connectivity index (χ3v) is 4.77. The van der Waals surface area contributed by atoms with Crippen molar-refractivity contribution in [3.63, 3.8) is 0 Å². The Kier molecular flexibility index (Phi) is 4.13. The molecule has 0 fully saturated rings. The fourth-order valence-electron chi connectivity index (χ4n) is 3.45. The average Bonchev–Trinajstić information content (AvgIpc) is 3.36. The topological polar surface area (TPSA) is 110 Å². The number of hydrogen-bond donors (Lipinski definition) is 3. The smallest absolute Gasteiger partial charge is 0.224 e. The maximum Gasteiger partial charge on any atom is 0.224 e. The first-order valence-corrected chi connectivity index (χ1v) is 9.23. The highest BCUT2D eigenvalue weighted by Crippen LogP contribution is 2.29. The molecule has 148 valence electrons. The molecule has 0 unspecified atom stereocenters. The Balaban J connectivity index is 1.69. The minimum atomic E-state index is -0.457. The lowest BCUT2D eigenvalue weighted by molar-refractivity contribution is 0.629. The van der Waals surface area contributed by atoms with E-state index < -0.39 is 6.04 Å². The first-order chi connectivity index (χ1) is 14.6. The Morgan fingerprint density at radius 3 is 2.77 bits per heavy atom. The van der Waals surface area contributed by atoms with Crippen LogP contribution in [0.15, 0.2) is 67.5 Å². The molecule has 0 bridgehead atoms. The summed E-state index contributed by atoms with van der Waals surface area (Å²) in [7, 11) is 0. The number of rotatable bonds is 5. The minimum Gasteiger partial charge on any atom is -0.368 e. The fraction of sp³-hybridized carbons (Fsp3) is 0.0476. The molecular weight excluding hydrogens is 383 g/mol. The van der Waals surface area contributed by atoms with Gasteiger partial charge in [0.05, 0.1) is 17.4 Å². The van der Waals surface area contributed by atoms with E-state index in [1.807, 2.05) is 34.9 Å². The number of nitrogens with one attached hydrogen (secondary N) is 2. The Labute approximate surface area is 170 Å². The highest BCUT2D eigenvalue weighted by Gasteiger charge is 2.21. The summed E-state index contributed by atoms with van der Waals surface area (Å²) in [5.41, 5.74) is 9.07. The molecule has 0 aliphatic carbocycles. The molecule has 3 heterocycles. The molecule has 30 heavy (non-hydrogen) atoms. The summed E-state index contributed by atoms with van der Waals surface area (Å²) >= 11 is 0. The molecule has 0 spiro atoms. The standard InChI is InChI=1S/C21H17FN8/c1-2-14(26-19-17-18(25-11-24-17)28-21(23)29-19)20-27-15-9-8-12(22)10-16(15)30(20)13-6-4-3-5-7-13/h2-11,14H,1H2,(H4,23,24,25,26,28,29)/t14-/m0/s1. The van der Waals surface area contributed by atoms with Crippen LogP contribution in [-0.4, -0.2) is 29.5 Å². The molecule has 2 aromatic carbocycles. The molecule has 0 radical (unpaired) electrons. The van der Waals surface area contributed by atoms with Gasteiger partial charge in [0.2, 0.25) is 5.95 Å². The van der Waals surface area contributed by atoms with Crippen LogP contribution in [0.25, 0.3) is 27.9 Å². The van der Waals surface area contributed by atoms with Crippen molar-refractivity contribution < 1.29 is 4.39 Å². The van der Waals surface area contributed by atoms with Gasteiger partial charge in [0.25, 0.3) is 0 Å². The van der Waals surface area contributed by atoms with Crippen molar-refractivity contribution >= 4 is 34.0 Å². The number of fused-ring (bicyclic) bond motifs is 2. The second-order valence-corrected chi connectivity index (χ2v) is 6.66. The van der Waals surface area contributed by atoms with Crippen molar-refractivity contribution in [1.82, 2.24) is 29.5 Å². The summed E-state index contributed by atoms with van der Waals surface area (Å²) in [5, 5.41) is 3.30. The maximum atomic E-state index is 14.0. The number of aromatic nitrogens is 6. The van der Waals surface area contributed by atoms with Crippen LogP contribution < -0.4 is 11.1 Å². The normalized spacial score (nSPS) is 12.3. The molecule has 5 aromatic rings. The number of anilines is 2. The molecule has 3 aromatic heterocycles. The zero-order chi connectivity index (χ0) is 20.7. The number of halogens is 1. The number of aromatic amines is 1. The van der Waals surface area contributed by atoms with Gasteiger partial charge < -0.3 is 16.0 Å². The van der Waals surface area contributed by atoms with E-state index in [1.54, 1.807) is 12.1 Å². The van der Waals surface area contributed by atoms with Crippen molar-refractivity contribution in [3.8, 4) is 5.69 Å². The van der Waals surface area contributed by atoms with E-state index in [0.717, 1.165) is 5.69 Å². The van der Waals surface area contributed by atoms with Gasteiger partial charge in [-0.3, -0.25) is 4.57 Å². The highest BCUT2D eigenvalue weighted by atomic mass is 19.1.